The second-order valence-electron chi connectivity index (χ2n) is 4.08. The molecule has 0 aliphatic heterocycles. The van der Waals surface area contributed by atoms with Crippen molar-refractivity contribution in [3.05, 3.63) is 35.1 Å². The Morgan fingerprint density at radius 2 is 2.12 bits per heavy atom. The molecule has 0 aliphatic carbocycles. The molecule has 2 aromatic rings. The van der Waals surface area contributed by atoms with E-state index in [1.165, 1.54) is 0 Å². The average Bonchev–Trinajstić information content (AvgIpc) is 2.66. The fourth-order valence-electron chi connectivity index (χ4n) is 1.49. The monoisotopic (exact) mass is 235 g/mol. The zero-order valence-electron chi connectivity index (χ0n) is 9.29. The summed E-state index contributed by atoms with van der Waals surface area (Å²) in [6, 6.07) is 5.42. The molecule has 0 spiro atoms. The second-order valence-corrected chi connectivity index (χ2v) is 4.49. The molecule has 0 aliphatic rings. The lowest BCUT2D eigenvalue weighted by Gasteiger charge is -2.02. The summed E-state index contributed by atoms with van der Waals surface area (Å²) in [4.78, 5) is 7.57. The van der Waals surface area contributed by atoms with Gasteiger partial charge in [-0.15, -0.1) is 0 Å². The van der Waals surface area contributed by atoms with E-state index in [0.717, 1.165) is 17.1 Å². The molecule has 3 N–H and O–H groups in total. The Bertz CT molecular complexity index is 503. The van der Waals surface area contributed by atoms with Gasteiger partial charge >= 0.3 is 0 Å². The first-order valence-electron chi connectivity index (χ1n) is 5.18. The van der Waals surface area contributed by atoms with Gasteiger partial charge in [-0.1, -0.05) is 25.4 Å². The number of aromatic amines is 1. The number of nitrogen functional groups attached to an aromatic ring is 1. The van der Waals surface area contributed by atoms with Crippen molar-refractivity contribution in [3.63, 3.8) is 0 Å². The normalized spacial score (nSPS) is 11.0. The topological polar surface area (TPSA) is 54.7 Å². The molecule has 0 unspecified atom stereocenters. The predicted molar refractivity (Wildman–Crippen MR) is 67.5 cm³/mol. The van der Waals surface area contributed by atoms with Gasteiger partial charge in [-0.05, 0) is 24.1 Å². The standard InChI is InChI=1S/C12H14ClN3/c1-7(2)11-6-15-12(16-11)9-4-3-8(14)5-10(9)13/h3-7H,14H2,1-2H3,(H,15,16). The quantitative estimate of drug-likeness (QED) is 0.784. The van der Waals surface area contributed by atoms with Crippen LogP contribution >= 0.6 is 11.6 Å². The summed E-state index contributed by atoms with van der Waals surface area (Å²) in [5.74, 6) is 1.21. The number of imidazole rings is 1. The third kappa shape index (κ3) is 2.04. The summed E-state index contributed by atoms with van der Waals surface area (Å²) in [6.45, 7) is 4.23. The van der Waals surface area contributed by atoms with Crippen molar-refractivity contribution in [2.45, 2.75) is 19.8 Å². The van der Waals surface area contributed by atoms with Crippen LogP contribution in [0.4, 0.5) is 5.69 Å². The molecule has 1 heterocycles. The highest BCUT2D eigenvalue weighted by Crippen LogP contribution is 2.28. The highest BCUT2D eigenvalue weighted by molar-refractivity contribution is 6.33. The largest absolute Gasteiger partial charge is 0.399 e. The van der Waals surface area contributed by atoms with E-state index >= 15 is 0 Å². The SMILES string of the molecule is CC(C)c1cnc(-c2ccc(N)cc2Cl)[nH]1. The third-order valence-corrected chi connectivity index (χ3v) is 2.78. The summed E-state index contributed by atoms with van der Waals surface area (Å²) in [5.41, 5.74) is 8.28. The van der Waals surface area contributed by atoms with Crippen LogP contribution < -0.4 is 5.73 Å². The molecule has 0 saturated heterocycles. The minimum absolute atomic E-state index is 0.425. The molecule has 2 rings (SSSR count). The lowest BCUT2D eigenvalue weighted by Crippen LogP contribution is -1.89. The summed E-state index contributed by atoms with van der Waals surface area (Å²) >= 11 is 6.11. The van der Waals surface area contributed by atoms with Crippen LogP contribution in [0.2, 0.25) is 5.02 Å². The van der Waals surface area contributed by atoms with Crippen molar-refractivity contribution in [2.75, 3.05) is 5.73 Å². The number of nitrogens with two attached hydrogens (primary N) is 1. The lowest BCUT2D eigenvalue weighted by molar-refractivity contribution is 0.833. The molecular formula is C12H14ClN3. The van der Waals surface area contributed by atoms with Gasteiger partial charge in [0.25, 0.3) is 0 Å². The highest BCUT2D eigenvalue weighted by Gasteiger charge is 2.09. The molecule has 1 aromatic heterocycles. The summed E-state index contributed by atoms with van der Waals surface area (Å²) in [6.07, 6.45) is 1.84. The number of benzene rings is 1. The van der Waals surface area contributed by atoms with E-state index in [1.54, 1.807) is 6.07 Å². The van der Waals surface area contributed by atoms with Crippen molar-refractivity contribution in [1.29, 1.82) is 0 Å². The number of hydrogen-bond acceptors (Lipinski definition) is 2. The Labute approximate surface area is 99.7 Å². The maximum atomic E-state index is 6.11. The molecule has 0 bridgehead atoms. The van der Waals surface area contributed by atoms with Crippen LogP contribution in [-0.2, 0) is 0 Å². The molecule has 0 radical (unpaired) electrons. The molecule has 0 amide bonds. The van der Waals surface area contributed by atoms with Crippen molar-refractivity contribution < 1.29 is 0 Å². The van der Waals surface area contributed by atoms with Crippen LogP contribution in [-0.4, -0.2) is 9.97 Å². The van der Waals surface area contributed by atoms with Gasteiger partial charge in [-0.25, -0.2) is 4.98 Å². The van der Waals surface area contributed by atoms with Gasteiger partial charge in [0.15, 0.2) is 0 Å². The number of hydrogen-bond donors (Lipinski definition) is 2. The van der Waals surface area contributed by atoms with Crippen molar-refractivity contribution in [1.82, 2.24) is 9.97 Å². The van der Waals surface area contributed by atoms with E-state index in [0.29, 0.717) is 16.6 Å². The van der Waals surface area contributed by atoms with Gasteiger partial charge in [-0.2, -0.15) is 0 Å². The maximum Gasteiger partial charge on any atom is 0.138 e. The highest BCUT2D eigenvalue weighted by atomic mass is 35.5. The van der Waals surface area contributed by atoms with Crippen LogP contribution in [0.1, 0.15) is 25.5 Å². The first kappa shape index (κ1) is 11.0. The molecule has 0 atom stereocenters. The number of nitrogens with one attached hydrogen (secondary N) is 1. The number of anilines is 1. The third-order valence-electron chi connectivity index (χ3n) is 2.47. The minimum Gasteiger partial charge on any atom is -0.399 e. The van der Waals surface area contributed by atoms with E-state index in [1.807, 2.05) is 18.3 Å². The van der Waals surface area contributed by atoms with Crippen LogP contribution in [0.5, 0.6) is 0 Å². The Balaban J connectivity index is 2.42. The predicted octanol–water partition coefficient (Wildman–Crippen LogP) is 3.44. The Morgan fingerprint density at radius 3 is 2.69 bits per heavy atom. The van der Waals surface area contributed by atoms with Crippen LogP contribution in [0.15, 0.2) is 24.4 Å². The Kier molecular flexibility index (Phi) is 2.88. The smallest absolute Gasteiger partial charge is 0.138 e. The molecule has 16 heavy (non-hydrogen) atoms. The molecular weight excluding hydrogens is 222 g/mol. The van der Waals surface area contributed by atoms with Crippen molar-refractivity contribution in [2.24, 2.45) is 0 Å². The molecule has 0 fully saturated rings. The summed E-state index contributed by atoms with van der Waals surface area (Å²) < 4.78 is 0. The van der Waals surface area contributed by atoms with Crippen LogP contribution in [0, 0.1) is 0 Å². The van der Waals surface area contributed by atoms with E-state index in [-0.39, 0.29) is 0 Å². The fraction of sp³-hybridized carbons (Fsp3) is 0.250. The maximum absolute atomic E-state index is 6.11. The van der Waals surface area contributed by atoms with Crippen LogP contribution in [0.3, 0.4) is 0 Å². The second kappa shape index (κ2) is 4.18. The Hall–Kier alpha value is -1.48. The van der Waals surface area contributed by atoms with Gasteiger partial charge in [-0.3, -0.25) is 0 Å². The summed E-state index contributed by atoms with van der Waals surface area (Å²) in [7, 11) is 0. The van der Waals surface area contributed by atoms with Gasteiger partial charge in [0.2, 0.25) is 0 Å². The molecule has 4 heteroatoms. The molecule has 84 valence electrons. The fourth-order valence-corrected chi connectivity index (χ4v) is 1.77. The first-order valence-corrected chi connectivity index (χ1v) is 5.56. The number of rotatable bonds is 2. The van der Waals surface area contributed by atoms with E-state index in [9.17, 15) is 0 Å². The number of nitrogens with zero attached hydrogens (tertiary/aromatic N) is 1. The average molecular weight is 236 g/mol. The van der Waals surface area contributed by atoms with Gasteiger partial charge in [0.05, 0.1) is 5.02 Å². The molecule has 0 saturated carbocycles. The van der Waals surface area contributed by atoms with Gasteiger partial charge < -0.3 is 10.7 Å². The van der Waals surface area contributed by atoms with E-state index < -0.39 is 0 Å². The minimum atomic E-state index is 0.425. The number of halogens is 1. The van der Waals surface area contributed by atoms with Crippen molar-refractivity contribution >= 4 is 17.3 Å². The number of H-pyrrole nitrogens is 1. The van der Waals surface area contributed by atoms with Crippen LogP contribution in [0.25, 0.3) is 11.4 Å². The molecule has 3 nitrogen and oxygen atoms in total. The summed E-state index contributed by atoms with van der Waals surface area (Å²) in [5, 5.41) is 0.615. The van der Waals surface area contributed by atoms with Crippen molar-refractivity contribution in [3.8, 4) is 11.4 Å². The lowest BCUT2D eigenvalue weighted by atomic mass is 10.1. The number of aromatic nitrogens is 2. The first-order chi connectivity index (χ1) is 7.58. The zero-order valence-corrected chi connectivity index (χ0v) is 10.0. The van der Waals surface area contributed by atoms with Gasteiger partial charge in [0.1, 0.15) is 5.82 Å². The molecule has 1 aromatic carbocycles. The zero-order chi connectivity index (χ0) is 11.7. The Morgan fingerprint density at radius 1 is 1.38 bits per heavy atom. The van der Waals surface area contributed by atoms with E-state index in [2.05, 4.69) is 23.8 Å². The van der Waals surface area contributed by atoms with E-state index in [4.69, 9.17) is 17.3 Å². The van der Waals surface area contributed by atoms with Gasteiger partial charge in [0, 0.05) is 23.1 Å².